The molecule has 0 unspecified atom stereocenters. The number of aromatic nitrogens is 3. The number of fused-ring (bicyclic) bond motifs is 3. The van der Waals surface area contributed by atoms with Crippen molar-refractivity contribution in [1.29, 1.82) is 0 Å². The molecule has 0 aliphatic rings. The van der Waals surface area contributed by atoms with Crippen molar-refractivity contribution in [3.8, 4) is 0 Å². The van der Waals surface area contributed by atoms with Crippen LogP contribution >= 0.6 is 0 Å². The summed E-state index contributed by atoms with van der Waals surface area (Å²) in [6.07, 6.45) is 0.973. The molecule has 2 aromatic heterocycles. The van der Waals surface area contributed by atoms with Crippen LogP contribution < -0.4 is 5.32 Å². The SMILES string of the molecule is Cc1cc2nc(NCCc3ccccc3)c3ccccc3n2n1. The molecule has 0 spiro atoms. The molecule has 0 radical (unpaired) electrons. The van der Waals surface area contributed by atoms with Gasteiger partial charge >= 0.3 is 0 Å². The van der Waals surface area contributed by atoms with Crippen LogP contribution in [0, 0.1) is 6.92 Å². The smallest absolute Gasteiger partial charge is 0.158 e. The number of aryl methyl sites for hydroxylation is 1. The Morgan fingerprint density at radius 2 is 1.78 bits per heavy atom. The van der Waals surface area contributed by atoms with Gasteiger partial charge in [0.1, 0.15) is 5.82 Å². The average Bonchev–Trinajstić information content (AvgIpc) is 2.96. The highest BCUT2D eigenvalue weighted by atomic mass is 15.3. The fourth-order valence-corrected chi connectivity index (χ4v) is 2.88. The summed E-state index contributed by atoms with van der Waals surface area (Å²) < 4.78 is 1.91. The second kappa shape index (κ2) is 5.72. The standard InChI is InChI=1S/C19H18N4/c1-14-13-18-21-19(20-12-11-15-7-3-2-4-8-15)16-9-5-6-10-17(16)23(18)22-14/h2-10,13H,11-12H2,1H3,(H,20,21). The number of hydrogen-bond acceptors (Lipinski definition) is 3. The Balaban J connectivity index is 1.67. The van der Waals surface area contributed by atoms with Gasteiger partial charge in [-0.2, -0.15) is 5.10 Å². The van der Waals surface area contributed by atoms with Gasteiger partial charge in [-0.15, -0.1) is 0 Å². The quantitative estimate of drug-likeness (QED) is 0.622. The van der Waals surface area contributed by atoms with Crippen molar-refractivity contribution in [2.45, 2.75) is 13.3 Å². The molecule has 4 aromatic rings. The molecular weight excluding hydrogens is 284 g/mol. The Morgan fingerprint density at radius 1 is 1.00 bits per heavy atom. The second-order valence-corrected chi connectivity index (χ2v) is 5.70. The fraction of sp³-hybridized carbons (Fsp3) is 0.158. The van der Waals surface area contributed by atoms with E-state index in [-0.39, 0.29) is 0 Å². The molecule has 0 fully saturated rings. The molecule has 4 rings (SSSR count). The summed E-state index contributed by atoms with van der Waals surface area (Å²) >= 11 is 0. The lowest BCUT2D eigenvalue weighted by atomic mass is 10.1. The number of anilines is 1. The third kappa shape index (κ3) is 2.63. The van der Waals surface area contributed by atoms with Crippen LogP contribution in [0.5, 0.6) is 0 Å². The number of para-hydroxylation sites is 1. The lowest BCUT2D eigenvalue weighted by molar-refractivity contribution is 0.950. The van der Waals surface area contributed by atoms with Crippen LogP contribution in [0.1, 0.15) is 11.3 Å². The Morgan fingerprint density at radius 3 is 2.65 bits per heavy atom. The van der Waals surface area contributed by atoms with Crippen LogP contribution in [0.25, 0.3) is 16.6 Å². The third-order valence-corrected chi connectivity index (χ3v) is 3.98. The van der Waals surface area contributed by atoms with E-state index in [1.165, 1.54) is 5.56 Å². The monoisotopic (exact) mass is 302 g/mol. The van der Waals surface area contributed by atoms with Gasteiger partial charge in [-0.05, 0) is 31.0 Å². The maximum absolute atomic E-state index is 4.74. The number of hydrogen-bond donors (Lipinski definition) is 1. The van der Waals surface area contributed by atoms with Gasteiger partial charge in [0.15, 0.2) is 5.65 Å². The zero-order valence-electron chi connectivity index (χ0n) is 13.0. The van der Waals surface area contributed by atoms with Gasteiger partial charge in [-0.25, -0.2) is 9.50 Å². The average molecular weight is 302 g/mol. The highest BCUT2D eigenvalue weighted by Gasteiger charge is 2.09. The van der Waals surface area contributed by atoms with E-state index < -0.39 is 0 Å². The van der Waals surface area contributed by atoms with Crippen molar-refractivity contribution >= 4 is 22.4 Å². The van der Waals surface area contributed by atoms with E-state index in [2.05, 4.69) is 46.8 Å². The van der Waals surface area contributed by atoms with Gasteiger partial charge in [0.25, 0.3) is 0 Å². The molecule has 0 aliphatic carbocycles. The summed E-state index contributed by atoms with van der Waals surface area (Å²) in [5.41, 5.74) is 4.26. The van der Waals surface area contributed by atoms with Crippen LogP contribution in [-0.2, 0) is 6.42 Å². The van der Waals surface area contributed by atoms with Crippen LogP contribution in [0.4, 0.5) is 5.82 Å². The summed E-state index contributed by atoms with van der Waals surface area (Å²) in [5, 5.41) is 9.12. The zero-order chi connectivity index (χ0) is 15.6. The molecule has 0 bridgehead atoms. The number of nitrogens with zero attached hydrogens (tertiary/aromatic N) is 3. The van der Waals surface area contributed by atoms with Crippen molar-refractivity contribution in [1.82, 2.24) is 14.6 Å². The molecule has 2 heterocycles. The first-order valence-corrected chi connectivity index (χ1v) is 7.84. The lowest BCUT2D eigenvalue weighted by Gasteiger charge is -2.10. The third-order valence-electron chi connectivity index (χ3n) is 3.98. The van der Waals surface area contributed by atoms with Crippen molar-refractivity contribution in [3.05, 3.63) is 71.9 Å². The minimum atomic E-state index is 0.851. The van der Waals surface area contributed by atoms with Gasteiger partial charge in [-0.1, -0.05) is 42.5 Å². The Labute approximate surface area is 134 Å². The van der Waals surface area contributed by atoms with E-state index in [1.54, 1.807) is 0 Å². The Kier molecular flexibility index (Phi) is 3.42. The van der Waals surface area contributed by atoms with Crippen molar-refractivity contribution in [2.75, 3.05) is 11.9 Å². The van der Waals surface area contributed by atoms with Crippen LogP contribution in [0.2, 0.25) is 0 Å². The first-order valence-electron chi connectivity index (χ1n) is 7.84. The van der Waals surface area contributed by atoms with Crippen LogP contribution in [0.3, 0.4) is 0 Å². The van der Waals surface area contributed by atoms with Gasteiger partial charge < -0.3 is 5.32 Å². The minimum Gasteiger partial charge on any atom is -0.369 e. The van der Waals surface area contributed by atoms with Gasteiger partial charge in [0, 0.05) is 18.0 Å². The molecule has 0 aliphatic heterocycles. The topological polar surface area (TPSA) is 42.2 Å². The van der Waals surface area contributed by atoms with E-state index in [0.717, 1.165) is 41.0 Å². The van der Waals surface area contributed by atoms with Crippen molar-refractivity contribution in [3.63, 3.8) is 0 Å². The molecule has 114 valence electrons. The van der Waals surface area contributed by atoms with Crippen molar-refractivity contribution < 1.29 is 0 Å². The van der Waals surface area contributed by atoms with Gasteiger partial charge in [-0.3, -0.25) is 0 Å². The maximum atomic E-state index is 4.74. The second-order valence-electron chi connectivity index (χ2n) is 5.70. The van der Waals surface area contributed by atoms with Gasteiger partial charge in [0.2, 0.25) is 0 Å². The number of benzene rings is 2. The highest BCUT2D eigenvalue weighted by molar-refractivity contribution is 5.91. The summed E-state index contributed by atoms with van der Waals surface area (Å²) in [6, 6.07) is 20.7. The fourth-order valence-electron chi connectivity index (χ4n) is 2.88. The minimum absolute atomic E-state index is 0.851. The van der Waals surface area contributed by atoms with E-state index in [0.29, 0.717) is 0 Å². The van der Waals surface area contributed by atoms with Crippen molar-refractivity contribution in [2.24, 2.45) is 0 Å². The summed E-state index contributed by atoms with van der Waals surface area (Å²) in [7, 11) is 0. The number of nitrogens with one attached hydrogen (secondary N) is 1. The van der Waals surface area contributed by atoms with Gasteiger partial charge in [0.05, 0.1) is 11.2 Å². The molecule has 0 amide bonds. The first kappa shape index (κ1) is 13.8. The summed E-state index contributed by atoms with van der Waals surface area (Å²) in [6.45, 7) is 2.84. The molecular formula is C19H18N4. The molecule has 0 saturated heterocycles. The first-order chi connectivity index (χ1) is 11.3. The predicted octanol–water partition coefficient (Wildman–Crippen LogP) is 3.85. The molecule has 23 heavy (non-hydrogen) atoms. The number of rotatable bonds is 4. The molecule has 0 atom stereocenters. The molecule has 2 aromatic carbocycles. The Bertz CT molecular complexity index is 957. The van der Waals surface area contributed by atoms with E-state index in [1.807, 2.05) is 35.7 Å². The predicted molar refractivity (Wildman–Crippen MR) is 93.9 cm³/mol. The highest BCUT2D eigenvalue weighted by Crippen LogP contribution is 2.23. The summed E-state index contributed by atoms with van der Waals surface area (Å²) in [5.74, 6) is 0.920. The molecule has 0 saturated carbocycles. The largest absolute Gasteiger partial charge is 0.369 e. The van der Waals surface area contributed by atoms with Crippen LogP contribution in [-0.4, -0.2) is 21.1 Å². The molecule has 4 nitrogen and oxygen atoms in total. The van der Waals surface area contributed by atoms with E-state index in [9.17, 15) is 0 Å². The zero-order valence-corrected chi connectivity index (χ0v) is 13.0. The van der Waals surface area contributed by atoms with Crippen LogP contribution in [0.15, 0.2) is 60.7 Å². The summed E-state index contributed by atoms with van der Waals surface area (Å²) in [4.78, 5) is 4.74. The maximum Gasteiger partial charge on any atom is 0.158 e. The molecule has 4 heteroatoms. The Hall–Kier alpha value is -2.88. The lowest BCUT2D eigenvalue weighted by Crippen LogP contribution is -2.08. The van der Waals surface area contributed by atoms with E-state index in [4.69, 9.17) is 4.98 Å². The normalized spacial score (nSPS) is 11.2. The van der Waals surface area contributed by atoms with E-state index >= 15 is 0 Å². The molecule has 1 N–H and O–H groups in total.